The lowest BCUT2D eigenvalue weighted by molar-refractivity contribution is -0.147. The SMILES string of the molecule is CCCC[Si](C)(C)O[Si](C)(C)CCCOCCOC(=O)CCCN1C(=O)[C@@H]2C3C=CC(C3)[C@@H]2C1=O. The molecule has 1 aliphatic heterocycles. The third-order valence-electron chi connectivity index (χ3n) is 7.57. The van der Waals surface area contributed by atoms with Crippen LogP contribution in [0.3, 0.4) is 0 Å². The van der Waals surface area contributed by atoms with Crippen LogP contribution in [0.5, 0.6) is 0 Å². The summed E-state index contributed by atoms with van der Waals surface area (Å²) in [6.07, 6.45) is 9.19. The molecule has 1 saturated carbocycles. The van der Waals surface area contributed by atoms with Gasteiger partial charge < -0.3 is 13.6 Å². The van der Waals surface area contributed by atoms with Gasteiger partial charge in [-0.2, -0.15) is 0 Å². The van der Waals surface area contributed by atoms with Crippen LogP contribution in [0.1, 0.15) is 45.4 Å². The van der Waals surface area contributed by atoms with Gasteiger partial charge in [-0.1, -0.05) is 31.9 Å². The maximum atomic E-state index is 12.7. The van der Waals surface area contributed by atoms with Gasteiger partial charge in [-0.15, -0.1) is 0 Å². The van der Waals surface area contributed by atoms with Crippen LogP contribution in [0, 0.1) is 23.7 Å². The summed E-state index contributed by atoms with van der Waals surface area (Å²) in [4.78, 5) is 38.7. The third-order valence-corrected chi connectivity index (χ3v) is 15.1. The molecule has 7 nitrogen and oxygen atoms in total. The molecule has 4 atom stereocenters. The molecule has 0 aromatic rings. The van der Waals surface area contributed by atoms with Gasteiger partial charge in [0.15, 0.2) is 16.6 Å². The Kier molecular flexibility index (Phi) is 9.93. The average Bonchev–Trinajstić information content (AvgIpc) is 3.46. The number of allylic oxidation sites excluding steroid dienone is 2. The van der Waals surface area contributed by atoms with Crippen molar-refractivity contribution in [2.75, 3.05) is 26.4 Å². The predicted molar refractivity (Wildman–Crippen MR) is 141 cm³/mol. The Bertz CT molecular complexity index is 769. The van der Waals surface area contributed by atoms with Crippen molar-refractivity contribution in [1.82, 2.24) is 4.90 Å². The molecule has 9 heteroatoms. The average molecular weight is 524 g/mol. The lowest BCUT2D eigenvalue weighted by atomic mass is 9.85. The smallest absolute Gasteiger partial charge is 0.305 e. The largest absolute Gasteiger partial charge is 0.463 e. The minimum absolute atomic E-state index is 0.0536. The van der Waals surface area contributed by atoms with E-state index in [1.807, 2.05) is 0 Å². The topological polar surface area (TPSA) is 82.1 Å². The Labute approximate surface area is 213 Å². The fourth-order valence-corrected chi connectivity index (χ4v) is 15.0. The van der Waals surface area contributed by atoms with Crippen LogP contribution < -0.4 is 0 Å². The Morgan fingerprint density at radius 2 is 1.51 bits per heavy atom. The molecule has 1 heterocycles. The number of carbonyl (C=O) groups excluding carboxylic acids is 3. The second-order valence-corrected chi connectivity index (χ2v) is 20.4. The molecule has 0 spiro atoms. The minimum Gasteiger partial charge on any atom is -0.463 e. The Hall–Kier alpha value is -1.30. The van der Waals surface area contributed by atoms with Gasteiger partial charge in [0.05, 0.1) is 18.4 Å². The summed E-state index contributed by atoms with van der Waals surface area (Å²) < 4.78 is 17.5. The van der Waals surface area contributed by atoms with Gasteiger partial charge in [-0.05, 0) is 69.4 Å². The zero-order valence-corrected chi connectivity index (χ0v) is 24.3. The molecule has 0 radical (unpaired) electrons. The molecule has 0 aromatic carbocycles. The normalized spacial score (nSPS) is 25.6. The number of imide groups is 1. The summed E-state index contributed by atoms with van der Waals surface area (Å²) in [6.45, 7) is 13.0. The second-order valence-electron chi connectivity index (χ2n) is 11.6. The first-order chi connectivity index (χ1) is 16.5. The summed E-state index contributed by atoms with van der Waals surface area (Å²) in [7, 11) is -3.25. The van der Waals surface area contributed by atoms with E-state index in [-0.39, 0.29) is 54.5 Å². The molecule has 0 N–H and O–H groups in total. The molecular weight excluding hydrogens is 478 g/mol. The molecule has 0 aromatic heterocycles. The number of fused-ring (bicyclic) bond motifs is 5. The highest BCUT2D eigenvalue weighted by Crippen LogP contribution is 2.52. The summed E-state index contributed by atoms with van der Waals surface area (Å²) in [5.74, 6) is -0.319. The van der Waals surface area contributed by atoms with E-state index < -0.39 is 16.6 Å². The molecule has 35 heavy (non-hydrogen) atoms. The molecule has 3 aliphatic rings. The van der Waals surface area contributed by atoms with Gasteiger partial charge in [0, 0.05) is 19.6 Å². The Morgan fingerprint density at radius 1 is 0.914 bits per heavy atom. The second kappa shape index (κ2) is 12.3. The number of rotatable bonds is 16. The zero-order valence-electron chi connectivity index (χ0n) is 22.3. The maximum absolute atomic E-state index is 12.7. The quantitative estimate of drug-likeness (QED) is 0.0955. The Morgan fingerprint density at radius 3 is 2.11 bits per heavy atom. The molecule has 2 fully saturated rings. The van der Waals surface area contributed by atoms with Crippen molar-refractivity contribution in [2.24, 2.45) is 23.7 Å². The number of carbonyl (C=O) groups is 3. The first-order valence-electron chi connectivity index (χ1n) is 13.5. The highest BCUT2D eigenvalue weighted by Gasteiger charge is 2.58. The number of likely N-dealkylation sites (tertiary alicyclic amines) is 1. The molecule has 2 amide bonds. The van der Waals surface area contributed by atoms with Crippen molar-refractivity contribution in [3.05, 3.63) is 12.2 Å². The monoisotopic (exact) mass is 523 g/mol. The fourth-order valence-electron chi connectivity index (χ4n) is 6.01. The maximum Gasteiger partial charge on any atom is 0.305 e. The highest BCUT2D eigenvalue weighted by atomic mass is 28.4. The summed E-state index contributed by atoms with van der Waals surface area (Å²) in [5, 5.41) is 0. The zero-order chi connectivity index (χ0) is 25.6. The molecule has 3 rings (SSSR count). The number of ether oxygens (including phenoxy) is 2. The molecule has 2 unspecified atom stereocenters. The van der Waals surface area contributed by atoms with Gasteiger partial charge in [-0.25, -0.2) is 0 Å². The van der Waals surface area contributed by atoms with E-state index in [9.17, 15) is 14.4 Å². The number of amides is 2. The van der Waals surface area contributed by atoms with Gasteiger partial charge in [0.2, 0.25) is 11.8 Å². The molecule has 2 aliphatic carbocycles. The van der Waals surface area contributed by atoms with E-state index in [1.54, 1.807) is 0 Å². The van der Waals surface area contributed by atoms with Gasteiger partial charge >= 0.3 is 5.97 Å². The van der Waals surface area contributed by atoms with Gasteiger partial charge in [-0.3, -0.25) is 19.3 Å². The summed E-state index contributed by atoms with van der Waals surface area (Å²) in [5.41, 5.74) is 0. The highest BCUT2D eigenvalue weighted by molar-refractivity contribution is 6.84. The van der Waals surface area contributed by atoms with Crippen molar-refractivity contribution >= 4 is 34.4 Å². The summed E-state index contributed by atoms with van der Waals surface area (Å²) >= 11 is 0. The third kappa shape index (κ3) is 7.60. The first-order valence-corrected chi connectivity index (χ1v) is 19.7. The van der Waals surface area contributed by atoms with Crippen LogP contribution in [0.4, 0.5) is 0 Å². The van der Waals surface area contributed by atoms with Crippen molar-refractivity contribution in [2.45, 2.75) is 83.7 Å². The molecule has 2 bridgehead atoms. The van der Waals surface area contributed by atoms with Crippen LogP contribution >= 0.6 is 0 Å². The summed E-state index contributed by atoms with van der Waals surface area (Å²) in [6, 6.07) is 2.30. The van der Waals surface area contributed by atoms with Gasteiger partial charge in [0.25, 0.3) is 0 Å². The van der Waals surface area contributed by atoms with Crippen LogP contribution in [0.25, 0.3) is 0 Å². The van der Waals surface area contributed by atoms with E-state index in [0.717, 1.165) is 18.9 Å². The van der Waals surface area contributed by atoms with E-state index >= 15 is 0 Å². The first kappa shape index (κ1) is 28.3. The van der Waals surface area contributed by atoms with Crippen LogP contribution in [0.15, 0.2) is 12.2 Å². The van der Waals surface area contributed by atoms with E-state index in [1.165, 1.54) is 23.8 Å². The number of nitrogens with zero attached hydrogens (tertiary/aromatic N) is 1. The standard InChI is InChI=1S/C26H45NO6Si2/c1-6-7-17-34(2,3)33-35(4,5)18-9-14-31-15-16-32-22(28)10-8-13-27-25(29)23-20-11-12-21(19-20)24(23)26(27)30/h11-12,20-21,23-24H,6-10,13-19H2,1-5H3/t20?,21?,23-,24+. The molecule has 1 saturated heterocycles. The number of hydrogen-bond acceptors (Lipinski definition) is 6. The van der Waals surface area contributed by atoms with Crippen LogP contribution in [0.2, 0.25) is 38.3 Å². The van der Waals surface area contributed by atoms with Crippen molar-refractivity contribution < 1.29 is 28.0 Å². The van der Waals surface area contributed by atoms with Crippen molar-refractivity contribution in [1.29, 1.82) is 0 Å². The van der Waals surface area contributed by atoms with E-state index in [4.69, 9.17) is 13.6 Å². The lowest BCUT2D eigenvalue weighted by Gasteiger charge is -2.34. The lowest BCUT2D eigenvalue weighted by Crippen LogP contribution is -2.44. The van der Waals surface area contributed by atoms with Crippen molar-refractivity contribution in [3.8, 4) is 0 Å². The molecule has 198 valence electrons. The van der Waals surface area contributed by atoms with Crippen LogP contribution in [-0.4, -0.2) is 65.7 Å². The number of esters is 1. The number of hydrogen-bond donors (Lipinski definition) is 0. The Balaban J connectivity index is 1.21. The fraction of sp³-hybridized carbons (Fsp3) is 0.808. The van der Waals surface area contributed by atoms with Crippen molar-refractivity contribution in [3.63, 3.8) is 0 Å². The van der Waals surface area contributed by atoms with E-state index in [2.05, 4.69) is 45.3 Å². The molecular formula is C26H45NO6Si2. The van der Waals surface area contributed by atoms with Crippen LogP contribution in [-0.2, 0) is 28.0 Å². The predicted octanol–water partition coefficient (Wildman–Crippen LogP) is 4.75. The number of unbranched alkanes of at least 4 members (excludes halogenated alkanes) is 1. The van der Waals surface area contributed by atoms with E-state index in [0.29, 0.717) is 26.2 Å². The van der Waals surface area contributed by atoms with Gasteiger partial charge in [0.1, 0.15) is 6.61 Å². The minimum atomic E-state index is -1.68.